The van der Waals surface area contributed by atoms with Crippen molar-refractivity contribution in [2.24, 2.45) is 7.05 Å². The molecule has 0 N–H and O–H groups in total. The van der Waals surface area contributed by atoms with E-state index in [-0.39, 0.29) is 16.5 Å². The standard InChI is InChI=1S/C10H7F3N2O/c1-15-9(10(11,12)13)7-4-6(5-16)2-3-8(7)14-15/h2-5H,1H3. The Bertz CT molecular complexity index is 557. The molecule has 1 heterocycles. The SMILES string of the molecule is Cn1nc2ccc(C=O)cc2c1C(F)(F)F. The number of aromatic nitrogens is 2. The lowest BCUT2D eigenvalue weighted by Crippen LogP contribution is -2.11. The van der Waals surface area contributed by atoms with Crippen molar-refractivity contribution in [1.82, 2.24) is 9.78 Å². The average molecular weight is 228 g/mol. The largest absolute Gasteiger partial charge is 0.433 e. The summed E-state index contributed by atoms with van der Waals surface area (Å²) in [6, 6.07) is 4.02. The number of hydrogen-bond donors (Lipinski definition) is 0. The molecule has 0 bridgehead atoms. The molecule has 0 aliphatic rings. The molecule has 1 aromatic carbocycles. The van der Waals surface area contributed by atoms with Crippen LogP contribution < -0.4 is 0 Å². The second-order valence-corrected chi connectivity index (χ2v) is 3.36. The summed E-state index contributed by atoms with van der Waals surface area (Å²) in [5.41, 5.74) is -0.419. The molecule has 0 fully saturated rings. The quantitative estimate of drug-likeness (QED) is 0.702. The molecule has 0 radical (unpaired) electrons. The first-order valence-corrected chi connectivity index (χ1v) is 4.42. The van der Waals surface area contributed by atoms with Gasteiger partial charge in [0.15, 0.2) is 0 Å². The van der Waals surface area contributed by atoms with Gasteiger partial charge in [0.25, 0.3) is 0 Å². The molecule has 1 aromatic heterocycles. The number of hydrogen-bond acceptors (Lipinski definition) is 2. The maximum Gasteiger partial charge on any atom is 0.433 e. The zero-order valence-corrected chi connectivity index (χ0v) is 8.25. The smallest absolute Gasteiger partial charge is 0.298 e. The molecule has 0 saturated heterocycles. The maximum absolute atomic E-state index is 12.7. The van der Waals surface area contributed by atoms with Crippen molar-refractivity contribution >= 4 is 17.2 Å². The first-order chi connectivity index (χ1) is 7.43. The summed E-state index contributed by atoms with van der Waals surface area (Å²) in [4.78, 5) is 10.5. The Hall–Kier alpha value is -1.85. The molecular weight excluding hydrogens is 221 g/mol. The number of nitrogens with zero attached hydrogens (tertiary/aromatic N) is 2. The van der Waals surface area contributed by atoms with Crippen molar-refractivity contribution < 1.29 is 18.0 Å². The summed E-state index contributed by atoms with van der Waals surface area (Å²) in [6.45, 7) is 0. The number of aldehydes is 1. The van der Waals surface area contributed by atoms with Gasteiger partial charge in [0.1, 0.15) is 12.0 Å². The number of fused-ring (bicyclic) bond motifs is 1. The molecule has 2 aromatic rings. The highest BCUT2D eigenvalue weighted by Gasteiger charge is 2.36. The Morgan fingerprint density at radius 3 is 2.62 bits per heavy atom. The number of alkyl halides is 3. The van der Waals surface area contributed by atoms with Gasteiger partial charge in [-0.05, 0) is 18.2 Å². The zero-order chi connectivity index (χ0) is 11.9. The van der Waals surface area contributed by atoms with Gasteiger partial charge in [0.2, 0.25) is 0 Å². The summed E-state index contributed by atoms with van der Waals surface area (Å²) >= 11 is 0. The summed E-state index contributed by atoms with van der Waals surface area (Å²) in [5, 5.41) is 3.68. The number of halogens is 3. The predicted molar refractivity (Wildman–Crippen MR) is 51.1 cm³/mol. The van der Waals surface area contributed by atoms with Crippen LogP contribution in [0, 0.1) is 0 Å². The Balaban J connectivity index is 2.81. The van der Waals surface area contributed by atoms with Crippen molar-refractivity contribution in [3.8, 4) is 0 Å². The molecule has 16 heavy (non-hydrogen) atoms. The lowest BCUT2D eigenvalue weighted by molar-refractivity contribution is -0.142. The van der Waals surface area contributed by atoms with Gasteiger partial charge >= 0.3 is 6.18 Å². The van der Waals surface area contributed by atoms with E-state index in [1.165, 1.54) is 25.2 Å². The average Bonchev–Trinajstić information content (AvgIpc) is 2.51. The Morgan fingerprint density at radius 2 is 2.06 bits per heavy atom. The van der Waals surface area contributed by atoms with E-state index >= 15 is 0 Å². The fraction of sp³-hybridized carbons (Fsp3) is 0.200. The van der Waals surface area contributed by atoms with Crippen LogP contribution in [-0.2, 0) is 13.2 Å². The van der Waals surface area contributed by atoms with Crippen LogP contribution in [0.15, 0.2) is 18.2 Å². The van der Waals surface area contributed by atoms with E-state index in [0.717, 1.165) is 4.68 Å². The van der Waals surface area contributed by atoms with Gasteiger partial charge in [0, 0.05) is 18.0 Å². The van der Waals surface area contributed by atoms with E-state index in [9.17, 15) is 18.0 Å². The van der Waals surface area contributed by atoms with Crippen molar-refractivity contribution in [3.63, 3.8) is 0 Å². The number of aryl methyl sites for hydroxylation is 1. The van der Waals surface area contributed by atoms with Gasteiger partial charge in [-0.25, -0.2) is 0 Å². The number of carbonyl (C=O) groups excluding carboxylic acids is 1. The highest BCUT2D eigenvalue weighted by atomic mass is 19.4. The van der Waals surface area contributed by atoms with Crippen LogP contribution in [0.5, 0.6) is 0 Å². The van der Waals surface area contributed by atoms with Crippen LogP contribution in [0.4, 0.5) is 13.2 Å². The maximum atomic E-state index is 12.7. The van der Waals surface area contributed by atoms with Gasteiger partial charge in [-0.15, -0.1) is 0 Å². The number of rotatable bonds is 1. The van der Waals surface area contributed by atoms with Crippen molar-refractivity contribution in [3.05, 3.63) is 29.5 Å². The minimum Gasteiger partial charge on any atom is -0.298 e. The van der Waals surface area contributed by atoms with Crippen molar-refractivity contribution in [2.75, 3.05) is 0 Å². The molecule has 2 rings (SSSR count). The molecule has 0 saturated carbocycles. The third kappa shape index (κ3) is 1.56. The van der Waals surface area contributed by atoms with Crippen LogP contribution in [-0.4, -0.2) is 16.1 Å². The van der Waals surface area contributed by atoms with Gasteiger partial charge in [0.05, 0.1) is 5.52 Å². The third-order valence-electron chi connectivity index (χ3n) is 2.26. The normalized spacial score (nSPS) is 12.0. The summed E-state index contributed by atoms with van der Waals surface area (Å²) < 4.78 is 38.9. The van der Waals surface area contributed by atoms with E-state index < -0.39 is 11.9 Å². The highest BCUT2D eigenvalue weighted by Crippen LogP contribution is 2.34. The summed E-state index contributed by atoms with van der Waals surface area (Å²) in [7, 11) is 1.23. The third-order valence-corrected chi connectivity index (χ3v) is 2.26. The molecule has 0 spiro atoms. The van der Waals surface area contributed by atoms with E-state index in [1.807, 2.05) is 0 Å². The van der Waals surface area contributed by atoms with Crippen LogP contribution in [0.3, 0.4) is 0 Å². The van der Waals surface area contributed by atoms with Gasteiger partial charge < -0.3 is 0 Å². The molecule has 3 nitrogen and oxygen atoms in total. The molecule has 0 atom stereocenters. The second-order valence-electron chi connectivity index (χ2n) is 3.36. The zero-order valence-electron chi connectivity index (χ0n) is 8.25. The first kappa shape index (κ1) is 10.7. The van der Waals surface area contributed by atoms with Crippen LogP contribution >= 0.6 is 0 Å². The van der Waals surface area contributed by atoms with E-state index in [1.54, 1.807) is 0 Å². The fourth-order valence-corrected chi connectivity index (χ4v) is 1.63. The van der Waals surface area contributed by atoms with Crippen LogP contribution in [0.25, 0.3) is 10.9 Å². The molecule has 6 heteroatoms. The van der Waals surface area contributed by atoms with Gasteiger partial charge in [-0.1, -0.05) is 0 Å². The Morgan fingerprint density at radius 1 is 1.38 bits per heavy atom. The number of carbonyl (C=O) groups is 1. The van der Waals surface area contributed by atoms with Crippen molar-refractivity contribution in [2.45, 2.75) is 6.18 Å². The Kier molecular flexibility index (Phi) is 2.22. The van der Waals surface area contributed by atoms with Gasteiger partial charge in [-0.2, -0.15) is 18.3 Å². The highest BCUT2D eigenvalue weighted by molar-refractivity contribution is 5.88. The van der Waals surface area contributed by atoms with Gasteiger partial charge in [-0.3, -0.25) is 9.48 Å². The minimum absolute atomic E-state index is 0.0559. The second kappa shape index (κ2) is 3.33. The predicted octanol–water partition coefficient (Wildman–Crippen LogP) is 2.40. The lowest BCUT2D eigenvalue weighted by atomic mass is 10.1. The lowest BCUT2D eigenvalue weighted by Gasteiger charge is -2.06. The molecule has 0 aliphatic carbocycles. The van der Waals surface area contributed by atoms with Crippen molar-refractivity contribution in [1.29, 1.82) is 0 Å². The molecule has 0 unspecified atom stereocenters. The van der Waals surface area contributed by atoms with E-state index in [4.69, 9.17) is 0 Å². The minimum atomic E-state index is -4.48. The number of benzene rings is 1. The van der Waals surface area contributed by atoms with Crippen LogP contribution in [0.2, 0.25) is 0 Å². The molecule has 0 aliphatic heterocycles. The van der Waals surface area contributed by atoms with E-state index in [2.05, 4.69) is 5.10 Å². The van der Waals surface area contributed by atoms with Crippen LogP contribution in [0.1, 0.15) is 16.1 Å². The summed E-state index contributed by atoms with van der Waals surface area (Å²) in [6.07, 6.45) is -3.97. The molecule has 84 valence electrons. The summed E-state index contributed by atoms with van der Waals surface area (Å²) in [5.74, 6) is 0. The molecular formula is C10H7F3N2O. The topological polar surface area (TPSA) is 34.9 Å². The first-order valence-electron chi connectivity index (χ1n) is 4.42. The Labute approximate surface area is 88.5 Å². The molecule has 0 amide bonds. The monoisotopic (exact) mass is 228 g/mol. The van der Waals surface area contributed by atoms with E-state index in [0.29, 0.717) is 6.29 Å². The fourth-order valence-electron chi connectivity index (χ4n) is 1.63.